The molecule has 2 aromatic rings. The van der Waals surface area contributed by atoms with Crippen LogP contribution in [0, 0.1) is 17.2 Å². The van der Waals surface area contributed by atoms with Gasteiger partial charge < -0.3 is 14.4 Å². The molecule has 1 unspecified atom stereocenters. The maximum absolute atomic E-state index is 10.0. The highest BCUT2D eigenvalue weighted by atomic mass is 32.2. The average molecular weight is 713 g/mol. The number of rotatable bonds is 8. The SMILES string of the molecule is C=N/N=C(\SCc1ccc(OC(C)C)c(C#N)c1)c1cccc2c1CCC2C.CC.CC.CC.CCC.CCC(C)C.O=CN1CCOCC1. The lowest BCUT2D eigenvalue weighted by atomic mass is 10.0. The lowest BCUT2D eigenvalue weighted by Gasteiger charge is -2.21. The van der Waals surface area contributed by atoms with Crippen LogP contribution in [0.1, 0.15) is 150 Å². The van der Waals surface area contributed by atoms with E-state index in [1.165, 1.54) is 30.4 Å². The third-order valence-corrected chi connectivity index (χ3v) is 7.93. The molecule has 0 bridgehead atoms. The van der Waals surface area contributed by atoms with E-state index in [0.29, 0.717) is 36.2 Å². The number of hydrogen-bond donors (Lipinski definition) is 0. The Morgan fingerprint density at radius 1 is 1.06 bits per heavy atom. The summed E-state index contributed by atoms with van der Waals surface area (Å²) in [4.78, 5) is 11.7. The summed E-state index contributed by atoms with van der Waals surface area (Å²) in [5, 5.41) is 18.4. The third kappa shape index (κ3) is 21.8. The number of morpholine rings is 1. The van der Waals surface area contributed by atoms with Gasteiger partial charge in [-0.15, -0.1) is 5.10 Å². The number of carbonyl (C=O) groups excluding carboxylic acids is 1. The second kappa shape index (κ2) is 34.3. The Balaban J connectivity index is -0.000000822. The highest BCUT2D eigenvalue weighted by Crippen LogP contribution is 2.36. The molecular weight excluding hydrogens is 641 g/mol. The Labute approximate surface area is 312 Å². The summed E-state index contributed by atoms with van der Waals surface area (Å²) in [6.07, 6.45) is 5.70. The molecule has 2 aliphatic rings. The molecule has 1 amide bonds. The predicted molar refractivity (Wildman–Crippen MR) is 221 cm³/mol. The third-order valence-electron chi connectivity index (χ3n) is 6.88. The van der Waals surface area contributed by atoms with Gasteiger partial charge >= 0.3 is 0 Å². The first-order chi connectivity index (χ1) is 24.1. The van der Waals surface area contributed by atoms with Crippen molar-refractivity contribution in [1.29, 1.82) is 5.26 Å². The number of hydrogen-bond acceptors (Lipinski definition) is 7. The smallest absolute Gasteiger partial charge is 0.209 e. The molecule has 0 radical (unpaired) electrons. The number of carbonyl (C=O) groups is 1. The van der Waals surface area contributed by atoms with Gasteiger partial charge in [0.25, 0.3) is 0 Å². The number of amides is 1. The molecule has 0 aromatic heterocycles. The van der Waals surface area contributed by atoms with E-state index in [-0.39, 0.29) is 6.10 Å². The van der Waals surface area contributed by atoms with Gasteiger partial charge in [-0.1, -0.05) is 132 Å². The van der Waals surface area contributed by atoms with Crippen molar-refractivity contribution in [2.45, 2.75) is 140 Å². The van der Waals surface area contributed by atoms with Crippen molar-refractivity contribution in [2.24, 2.45) is 16.1 Å². The fourth-order valence-electron chi connectivity index (χ4n) is 4.23. The zero-order valence-electron chi connectivity index (χ0n) is 34.3. The van der Waals surface area contributed by atoms with Crippen LogP contribution in [0.3, 0.4) is 0 Å². The van der Waals surface area contributed by atoms with Gasteiger partial charge in [-0.2, -0.15) is 10.4 Å². The number of benzene rings is 2. The van der Waals surface area contributed by atoms with Crippen molar-refractivity contribution in [1.82, 2.24) is 4.90 Å². The molecule has 0 N–H and O–H groups in total. The van der Waals surface area contributed by atoms with E-state index in [1.54, 1.807) is 16.7 Å². The quantitative estimate of drug-likeness (QED) is 0.118. The summed E-state index contributed by atoms with van der Waals surface area (Å²) >= 11 is 1.62. The minimum absolute atomic E-state index is 0.0345. The lowest BCUT2D eigenvalue weighted by Crippen LogP contribution is -2.34. The number of thioether (sulfide) groups is 1. The van der Waals surface area contributed by atoms with Crippen molar-refractivity contribution >= 4 is 29.9 Å². The van der Waals surface area contributed by atoms with Crippen molar-refractivity contribution in [3.63, 3.8) is 0 Å². The summed E-state index contributed by atoms with van der Waals surface area (Å²) in [5.74, 6) is 2.80. The molecule has 1 fully saturated rings. The maximum Gasteiger partial charge on any atom is 0.209 e. The lowest BCUT2D eigenvalue weighted by molar-refractivity contribution is -0.121. The Morgan fingerprint density at radius 3 is 2.10 bits per heavy atom. The summed E-state index contributed by atoms with van der Waals surface area (Å²) in [7, 11) is 0. The first-order valence-corrected chi connectivity index (χ1v) is 19.9. The van der Waals surface area contributed by atoms with Gasteiger partial charge in [0.1, 0.15) is 16.9 Å². The molecule has 1 saturated heterocycles. The van der Waals surface area contributed by atoms with Crippen LogP contribution in [0.5, 0.6) is 5.75 Å². The van der Waals surface area contributed by atoms with E-state index in [0.717, 1.165) is 48.0 Å². The van der Waals surface area contributed by atoms with Gasteiger partial charge in [0, 0.05) is 31.1 Å². The van der Waals surface area contributed by atoms with Crippen LogP contribution in [0.2, 0.25) is 0 Å². The fourth-order valence-corrected chi connectivity index (χ4v) is 5.18. The van der Waals surface area contributed by atoms with Crippen LogP contribution in [-0.2, 0) is 21.7 Å². The molecule has 7 nitrogen and oxygen atoms in total. The Kier molecular flexibility index (Phi) is 35.1. The van der Waals surface area contributed by atoms with Gasteiger partial charge in [-0.25, -0.2) is 0 Å². The maximum atomic E-state index is 10.0. The van der Waals surface area contributed by atoms with E-state index < -0.39 is 0 Å². The number of nitriles is 1. The second-order valence-corrected chi connectivity index (χ2v) is 12.5. The topological polar surface area (TPSA) is 87.3 Å². The first kappa shape index (κ1) is 51.2. The Hall–Kier alpha value is -3.15. The second-order valence-electron chi connectivity index (χ2n) is 11.5. The summed E-state index contributed by atoms with van der Waals surface area (Å²) in [6, 6.07) is 14.4. The average Bonchev–Trinajstić information content (AvgIpc) is 3.54. The zero-order chi connectivity index (χ0) is 38.9. The number of ether oxygens (including phenoxy) is 2. The summed E-state index contributed by atoms with van der Waals surface area (Å²) < 4.78 is 10.7. The van der Waals surface area contributed by atoms with Crippen molar-refractivity contribution in [3.05, 3.63) is 64.2 Å². The minimum atomic E-state index is 0.0345. The molecule has 0 saturated carbocycles. The monoisotopic (exact) mass is 713 g/mol. The van der Waals surface area contributed by atoms with Gasteiger partial charge in [0.15, 0.2) is 0 Å². The van der Waals surface area contributed by atoms with Crippen LogP contribution in [0.15, 0.2) is 46.6 Å². The van der Waals surface area contributed by atoms with Crippen LogP contribution in [0.25, 0.3) is 0 Å². The summed E-state index contributed by atoms with van der Waals surface area (Å²) in [6.45, 7) is 35.5. The molecule has 1 aliphatic carbocycles. The van der Waals surface area contributed by atoms with Gasteiger partial charge in [-0.3, -0.25) is 4.79 Å². The molecule has 1 atom stereocenters. The van der Waals surface area contributed by atoms with Gasteiger partial charge in [-0.05, 0) is 67.3 Å². The molecule has 1 aliphatic heterocycles. The van der Waals surface area contributed by atoms with Crippen LogP contribution in [-0.4, -0.2) is 55.5 Å². The van der Waals surface area contributed by atoms with Crippen molar-refractivity contribution in [2.75, 3.05) is 26.3 Å². The molecule has 8 heteroatoms. The van der Waals surface area contributed by atoms with Crippen molar-refractivity contribution < 1.29 is 14.3 Å². The fraction of sp³-hybridized carbons (Fsp3) is 0.619. The Bertz CT molecular complexity index is 1200. The first-order valence-electron chi connectivity index (χ1n) is 18.9. The molecule has 4 rings (SSSR count). The van der Waals surface area contributed by atoms with Gasteiger partial charge in [0.05, 0.1) is 24.9 Å². The van der Waals surface area contributed by atoms with Crippen LogP contribution >= 0.6 is 11.8 Å². The van der Waals surface area contributed by atoms with E-state index in [1.807, 2.05) is 73.6 Å². The minimum Gasteiger partial charge on any atom is -0.490 e. The molecular formula is C42H72N4O3S. The van der Waals surface area contributed by atoms with Crippen LogP contribution < -0.4 is 4.74 Å². The number of fused-ring (bicyclic) bond motifs is 1. The molecule has 2 aromatic carbocycles. The van der Waals surface area contributed by atoms with E-state index >= 15 is 0 Å². The normalized spacial score (nSPS) is 13.9. The Morgan fingerprint density at radius 2 is 1.64 bits per heavy atom. The van der Waals surface area contributed by atoms with E-state index in [2.05, 4.69) is 82.7 Å². The van der Waals surface area contributed by atoms with E-state index in [4.69, 9.17) is 9.47 Å². The predicted octanol–water partition coefficient (Wildman–Crippen LogP) is 11.7. The highest BCUT2D eigenvalue weighted by molar-refractivity contribution is 8.13. The van der Waals surface area contributed by atoms with Gasteiger partial charge in [0.2, 0.25) is 6.41 Å². The summed E-state index contributed by atoms with van der Waals surface area (Å²) in [5.41, 5.74) is 5.55. The van der Waals surface area contributed by atoms with Crippen LogP contribution in [0.4, 0.5) is 0 Å². The highest BCUT2D eigenvalue weighted by Gasteiger charge is 2.23. The molecule has 50 heavy (non-hydrogen) atoms. The molecule has 284 valence electrons. The van der Waals surface area contributed by atoms with Crippen molar-refractivity contribution in [3.8, 4) is 11.8 Å². The molecule has 0 spiro atoms. The largest absolute Gasteiger partial charge is 0.490 e. The van der Waals surface area contributed by atoms with E-state index in [9.17, 15) is 10.1 Å². The standard InChI is InChI=1S/C23H25N3OS.C5H9NO2.C5H12.C3H8.3C2H6/c1-15(2)27-22-11-9-17(12-18(22)13-24)14-28-23(26-25-4)21-7-5-6-19-16(3)8-10-20(19)21;7-5-6-1-3-8-4-2-6;1-4-5(2)3;1-3-2;3*1-2/h5-7,9,11-12,15-16H,4,8,10,14H2,1-3H3;5H,1-4H2;5H,4H2,1-3H3;3H2,1-2H3;3*1-2H3/b26-23-;;;;;;. The molecule has 1 heterocycles. The number of nitrogens with zero attached hydrogens (tertiary/aromatic N) is 4. The zero-order valence-corrected chi connectivity index (χ0v) is 35.1.